The lowest BCUT2D eigenvalue weighted by Gasteiger charge is -2.20. The Morgan fingerprint density at radius 1 is 1.10 bits per heavy atom. The number of amides is 1. The predicted molar refractivity (Wildman–Crippen MR) is 84.9 cm³/mol. The van der Waals surface area contributed by atoms with E-state index in [1.165, 1.54) is 44.1 Å². The lowest BCUT2D eigenvalue weighted by atomic mass is 9.88. The molecule has 1 aliphatic rings. The van der Waals surface area contributed by atoms with Gasteiger partial charge in [0, 0.05) is 11.6 Å². The first kappa shape index (κ1) is 15.1. The lowest BCUT2D eigenvalue weighted by Crippen LogP contribution is -2.24. The number of carbonyl (C=O) groups is 1. The van der Waals surface area contributed by atoms with Crippen LogP contribution in [0.15, 0.2) is 24.3 Å². The maximum Gasteiger partial charge on any atom is 0.227 e. The average molecular weight is 273 g/mol. The molecule has 1 saturated carbocycles. The van der Waals surface area contributed by atoms with Gasteiger partial charge in [-0.15, -0.1) is 0 Å². The number of hydrogen-bond acceptors (Lipinski definition) is 1. The molecule has 0 atom stereocenters. The summed E-state index contributed by atoms with van der Waals surface area (Å²) in [4.78, 5) is 12.2. The summed E-state index contributed by atoms with van der Waals surface area (Å²) in [6.45, 7) is 2.23. The van der Waals surface area contributed by atoms with Crippen LogP contribution in [0.5, 0.6) is 0 Å². The fraction of sp³-hybridized carbons (Fsp3) is 0.611. The highest BCUT2D eigenvalue weighted by Crippen LogP contribution is 2.25. The van der Waals surface area contributed by atoms with Crippen molar-refractivity contribution < 1.29 is 4.79 Å². The number of hydrogen-bond donors (Lipinski definition) is 1. The molecule has 2 rings (SSSR count). The summed E-state index contributed by atoms with van der Waals surface area (Å²) in [7, 11) is 0. The van der Waals surface area contributed by atoms with E-state index < -0.39 is 0 Å². The zero-order valence-electron chi connectivity index (χ0n) is 12.7. The molecule has 0 saturated heterocycles. The zero-order valence-corrected chi connectivity index (χ0v) is 12.7. The SMILES string of the molecule is CCCCCc1ccc(NC(=O)C2CCCCC2)cc1. The van der Waals surface area contributed by atoms with Crippen molar-refractivity contribution in [3.05, 3.63) is 29.8 Å². The number of aryl methyl sites for hydroxylation is 1. The van der Waals surface area contributed by atoms with Gasteiger partial charge in [0.05, 0.1) is 0 Å². The fourth-order valence-electron chi connectivity index (χ4n) is 2.94. The Morgan fingerprint density at radius 2 is 1.80 bits per heavy atom. The minimum atomic E-state index is 0.212. The summed E-state index contributed by atoms with van der Waals surface area (Å²) < 4.78 is 0. The minimum absolute atomic E-state index is 0.212. The van der Waals surface area contributed by atoms with E-state index in [0.717, 1.165) is 24.9 Å². The molecular formula is C18H27NO. The number of rotatable bonds is 6. The lowest BCUT2D eigenvalue weighted by molar-refractivity contribution is -0.120. The number of nitrogens with one attached hydrogen (secondary N) is 1. The Balaban J connectivity index is 1.81. The van der Waals surface area contributed by atoms with Gasteiger partial charge in [-0.25, -0.2) is 0 Å². The largest absolute Gasteiger partial charge is 0.326 e. The van der Waals surface area contributed by atoms with Gasteiger partial charge in [0.25, 0.3) is 0 Å². The van der Waals surface area contributed by atoms with Crippen LogP contribution in [0.2, 0.25) is 0 Å². The van der Waals surface area contributed by atoms with Crippen molar-refractivity contribution in [2.45, 2.75) is 64.7 Å². The van der Waals surface area contributed by atoms with Crippen LogP contribution in [0, 0.1) is 5.92 Å². The summed E-state index contributed by atoms with van der Waals surface area (Å²) in [6, 6.07) is 8.38. The molecule has 2 heteroatoms. The van der Waals surface area contributed by atoms with Gasteiger partial charge in [-0.05, 0) is 43.4 Å². The van der Waals surface area contributed by atoms with Crippen molar-refractivity contribution in [3.63, 3.8) is 0 Å². The zero-order chi connectivity index (χ0) is 14.2. The van der Waals surface area contributed by atoms with E-state index >= 15 is 0 Å². The first-order valence-electron chi connectivity index (χ1n) is 8.19. The van der Waals surface area contributed by atoms with Gasteiger partial charge in [-0.2, -0.15) is 0 Å². The van der Waals surface area contributed by atoms with Crippen LogP contribution in [-0.4, -0.2) is 5.91 Å². The summed E-state index contributed by atoms with van der Waals surface area (Å²) in [5.41, 5.74) is 2.31. The van der Waals surface area contributed by atoms with Gasteiger partial charge in [0.15, 0.2) is 0 Å². The van der Waals surface area contributed by atoms with Gasteiger partial charge in [-0.1, -0.05) is 51.2 Å². The molecule has 0 aromatic heterocycles. The molecule has 0 bridgehead atoms. The number of unbranched alkanes of at least 4 members (excludes halogenated alkanes) is 2. The second-order valence-electron chi connectivity index (χ2n) is 5.98. The maximum atomic E-state index is 12.2. The molecule has 1 amide bonds. The van der Waals surface area contributed by atoms with Crippen LogP contribution in [0.4, 0.5) is 5.69 Å². The highest BCUT2D eigenvalue weighted by Gasteiger charge is 2.20. The average Bonchev–Trinajstić information content (AvgIpc) is 2.50. The van der Waals surface area contributed by atoms with Crippen molar-refractivity contribution in [3.8, 4) is 0 Å². The van der Waals surface area contributed by atoms with Crippen LogP contribution in [0.1, 0.15) is 63.9 Å². The molecule has 20 heavy (non-hydrogen) atoms. The molecule has 0 radical (unpaired) electrons. The van der Waals surface area contributed by atoms with Crippen molar-refractivity contribution in [2.75, 3.05) is 5.32 Å². The molecular weight excluding hydrogens is 246 g/mol. The third-order valence-electron chi connectivity index (χ3n) is 4.27. The van der Waals surface area contributed by atoms with Crippen molar-refractivity contribution >= 4 is 11.6 Å². The van der Waals surface area contributed by atoms with E-state index in [4.69, 9.17) is 0 Å². The molecule has 1 aromatic carbocycles. The standard InChI is InChI=1S/C18H27NO/c1-2-3-5-8-15-11-13-17(14-12-15)19-18(20)16-9-6-4-7-10-16/h11-14,16H,2-10H2,1H3,(H,19,20). The molecule has 0 unspecified atom stereocenters. The van der Waals surface area contributed by atoms with E-state index in [1.807, 2.05) is 12.1 Å². The summed E-state index contributed by atoms with van der Waals surface area (Å²) in [6.07, 6.45) is 10.8. The first-order chi connectivity index (χ1) is 9.79. The first-order valence-corrected chi connectivity index (χ1v) is 8.19. The van der Waals surface area contributed by atoms with Crippen molar-refractivity contribution in [1.82, 2.24) is 0 Å². The molecule has 110 valence electrons. The van der Waals surface area contributed by atoms with Crippen LogP contribution in [-0.2, 0) is 11.2 Å². The normalized spacial score (nSPS) is 16.1. The van der Waals surface area contributed by atoms with E-state index in [2.05, 4.69) is 24.4 Å². The van der Waals surface area contributed by atoms with Crippen LogP contribution in [0.3, 0.4) is 0 Å². The Morgan fingerprint density at radius 3 is 2.45 bits per heavy atom. The minimum Gasteiger partial charge on any atom is -0.326 e. The quantitative estimate of drug-likeness (QED) is 0.731. The fourth-order valence-corrected chi connectivity index (χ4v) is 2.94. The number of carbonyl (C=O) groups excluding carboxylic acids is 1. The van der Waals surface area contributed by atoms with Crippen molar-refractivity contribution in [1.29, 1.82) is 0 Å². The molecule has 1 fully saturated rings. The smallest absolute Gasteiger partial charge is 0.227 e. The third kappa shape index (κ3) is 4.66. The molecule has 1 aliphatic carbocycles. The number of anilines is 1. The molecule has 0 spiro atoms. The highest BCUT2D eigenvalue weighted by atomic mass is 16.1. The Bertz CT molecular complexity index is 404. The summed E-state index contributed by atoms with van der Waals surface area (Å²) >= 11 is 0. The van der Waals surface area contributed by atoms with Gasteiger partial charge in [-0.3, -0.25) is 4.79 Å². The molecule has 2 nitrogen and oxygen atoms in total. The second-order valence-corrected chi connectivity index (χ2v) is 5.98. The van der Waals surface area contributed by atoms with E-state index in [9.17, 15) is 4.79 Å². The summed E-state index contributed by atoms with van der Waals surface area (Å²) in [5.74, 6) is 0.441. The Labute approximate surface area is 123 Å². The van der Waals surface area contributed by atoms with Gasteiger partial charge in [0.1, 0.15) is 0 Å². The Hall–Kier alpha value is -1.31. The van der Waals surface area contributed by atoms with Crippen LogP contribution < -0.4 is 5.32 Å². The predicted octanol–water partition coefficient (Wildman–Crippen LogP) is 4.94. The van der Waals surface area contributed by atoms with Gasteiger partial charge >= 0.3 is 0 Å². The maximum absolute atomic E-state index is 12.2. The van der Waals surface area contributed by atoms with Gasteiger partial charge < -0.3 is 5.32 Å². The summed E-state index contributed by atoms with van der Waals surface area (Å²) in [5, 5.41) is 3.07. The van der Waals surface area contributed by atoms with Crippen molar-refractivity contribution in [2.24, 2.45) is 5.92 Å². The van der Waals surface area contributed by atoms with Crippen LogP contribution >= 0.6 is 0 Å². The molecule has 1 aromatic rings. The Kier molecular flexibility index (Phi) is 6.10. The second kappa shape index (κ2) is 8.08. The topological polar surface area (TPSA) is 29.1 Å². The van der Waals surface area contributed by atoms with E-state index in [0.29, 0.717) is 0 Å². The molecule has 1 N–H and O–H groups in total. The number of benzene rings is 1. The monoisotopic (exact) mass is 273 g/mol. The third-order valence-corrected chi connectivity index (χ3v) is 4.27. The van der Waals surface area contributed by atoms with Crippen LogP contribution in [0.25, 0.3) is 0 Å². The van der Waals surface area contributed by atoms with Gasteiger partial charge in [0.2, 0.25) is 5.91 Å². The van der Waals surface area contributed by atoms with E-state index in [1.54, 1.807) is 0 Å². The van der Waals surface area contributed by atoms with E-state index in [-0.39, 0.29) is 11.8 Å². The highest BCUT2D eigenvalue weighted by molar-refractivity contribution is 5.92. The molecule has 0 aliphatic heterocycles. The molecule has 0 heterocycles.